The molecule has 0 bridgehead atoms. The summed E-state index contributed by atoms with van der Waals surface area (Å²) in [4.78, 5) is 22.0. The van der Waals surface area contributed by atoms with Crippen LogP contribution in [0.2, 0.25) is 0 Å². The van der Waals surface area contributed by atoms with Crippen LogP contribution in [0.4, 0.5) is 10.5 Å². The molecular formula is C12H16N2O3. The highest BCUT2D eigenvalue weighted by atomic mass is 16.5. The summed E-state index contributed by atoms with van der Waals surface area (Å²) in [6, 6.07) is 7.26. The van der Waals surface area contributed by atoms with Gasteiger partial charge in [-0.1, -0.05) is 12.1 Å². The number of carbonyl (C=O) groups excluding carboxylic acids is 2. The molecule has 1 aromatic rings. The topological polar surface area (TPSA) is 67.4 Å². The van der Waals surface area contributed by atoms with E-state index in [0.717, 1.165) is 5.56 Å². The molecule has 92 valence electrons. The molecule has 0 spiro atoms. The molecule has 0 fully saturated rings. The van der Waals surface area contributed by atoms with Crippen molar-refractivity contribution >= 4 is 17.7 Å². The molecule has 1 aromatic carbocycles. The van der Waals surface area contributed by atoms with E-state index in [1.165, 1.54) is 6.92 Å². The summed E-state index contributed by atoms with van der Waals surface area (Å²) in [5.74, 6) is -0.125. The number of hydrogen-bond donors (Lipinski definition) is 2. The summed E-state index contributed by atoms with van der Waals surface area (Å²) in [5.41, 5.74) is 1.60. The van der Waals surface area contributed by atoms with Gasteiger partial charge in [-0.15, -0.1) is 0 Å². The summed E-state index contributed by atoms with van der Waals surface area (Å²) >= 11 is 0. The third kappa shape index (κ3) is 5.01. The summed E-state index contributed by atoms with van der Waals surface area (Å²) in [6.45, 7) is 3.91. The SMILES string of the molecule is CCOC(=O)NCc1cccc(NC(C)=O)c1. The molecule has 5 heteroatoms. The van der Waals surface area contributed by atoms with Crippen LogP contribution in [0.15, 0.2) is 24.3 Å². The van der Waals surface area contributed by atoms with Crippen molar-refractivity contribution in [2.75, 3.05) is 11.9 Å². The molecule has 2 amide bonds. The lowest BCUT2D eigenvalue weighted by molar-refractivity contribution is -0.114. The van der Waals surface area contributed by atoms with Crippen molar-refractivity contribution < 1.29 is 14.3 Å². The Bertz CT molecular complexity index is 404. The second-order valence-corrected chi connectivity index (χ2v) is 3.46. The van der Waals surface area contributed by atoms with Gasteiger partial charge in [0, 0.05) is 19.2 Å². The summed E-state index contributed by atoms with van der Waals surface area (Å²) in [6.07, 6.45) is -0.447. The highest BCUT2D eigenvalue weighted by Gasteiger charge is 2.01. The first kappa shape index (κ1) is 13.0. The zero-order chi connectivity index (χ0) is 12.7. The molecule has 0 saturated carbocycles. The van der Waals surface area contributed by atoms with E-state index in [9.17, 15) is 9.59 Å². The van der Waals surface area contributed by atoms with E-state index < -0.39 is 6.09 Å². The lowest BCUT2D eigenvalue weighted by atomic mass is 10.2. The Labute approximate surface area is 100 Å². The van der Waals surface area contributed by atoms with Gasteiger partial charge < -0.3 is 15.4 Å². The Kier molecular flexibility index (Phi) is 5.00. The minimum atomic E-state index is -0.447. The Hall–Kier alpha value is -2.04. The van der Waals surface area contributed by atoms with Crippen LogP contribution >= 0.6 is 0 Å². The molecule has 0 atom stereocenters. The van der Waals surface area contributed by atoms with Gasteiger partial charge in [-0.05, 0) is 24.6 Å². The fourth-order valence-electron chi connectivity index (χ4n) is 1.32. The first-order valence-corrected chi connectivity index (χ1v) is 5.39. The van der Waals surface area contributed by atoms with Gasteiger partial charge in [-0.2, -0.15) is 0 Å². The van der Waals surface area contributed by atoms with Crippen molar-refractivity contribution in [3.8, 4) is 0 Å². The molecule has 0 aromatic heterocycles. The number of amides is 2. The van der Waals surface area contributed by atoms with E-state index in [1.54, 1.807) is 19.1 Å². The van der Waals surface area contributed by atoms with Crippen LogP contribution in [-0.4, -0.2) is 18.6 Å². The zero-order valence-corrected chi connectivity index (χ0v) is 9.95. The summed E-state index contributed by atoms with van der Waals surface area (Å²) in [7, 11) is 0. The van der Waals surface area contributed by atoms with Crippen LogP contribution in [0.3, 0.4) is 0 Å². The van der Waals surface area contributed by atoms with Gasteiger partial charge in [0.2, 0.25) is 5.91 Å². The number of hydrogen-bond acceptors (Lipinski definition) is 3. The van der Waals surface area contributed by atoms with Crippen LogP contribution in [0, 0.1) is 0 Å². The normalized spacial score (nSPS) is 9.53. The fraction of sp³-hybridized carbons (Fsp3) is 0.333. The Balaban J connectivity index is 2.53. The molecule has 0 radical (unpaired) electrons. The van der Waals surface area contributed by atoms with Crippen LogP contribution in [0.25, 0.3) is 0 Å². The molecule has 0 saturated heterocycles. The number of carbonyl (C=O) groups is 2. The number of ether oxygens (including phenoxy) is 1. The van der Waals surface area contributed by atoms with Crippen LogP contribution in [0.1, 0.15) is 19.4 Å². The van der Waals surface area contributed by atoms with Gasteiger partial charge in [0.1, 0.15) is 0 Å². The molecule has 0 heterocycles. The van der Waals surface area contributed by atoms with Crippen LogP contribution in [0.5, 0.6) is 0 Å². The first-order chi connectivity index (χ1) is 8.11. The highest BCUT2D eigenvalue weighted by molar-refractivity contribution is 5.88. The second kappa shape index (κ2) is 6.52. The number of rotatable bonds is 4. The van der Waals surface area contributed by atoms with Crippen molar-refractivity contribution in [1.82, 2.24) is 5.32 Å². The van der Waals surface area contributed by atoms with Crippen LogP contribution in [-0.2, 0) is 16.1 Å². The highest BCUT2D eigenvalue weighted by Crippen LogP contribution is 2.10. The molecule has 0 aliphatic heterocycles. The van der Waals surface area contributed by atoms with Gasteiger partial charge >= 0.3 is 6.09 Å². The maximum Gasteiger partial charge on any atom is 0.407 e. The van der Waals surface area contributed by atoms with Crippen molar-refractivity contribution in [3.63, 3.8) is 0 Å². The van der Waals surface area contributed by atoms with E-state index in [4.69, 9.17) is 4.74 Å². The molecule has 0 aliphatic carbocycles. The Morgan fingerprint density at radius 2 is 2.12 bits per heavy atom. The minimum Gasteiger partial charge on any atom is -0.450 e. The average molecular weight is 236 g/mol. The zero-order valence-electron chi connectivity index (χ0n) is 9.95. The van der Waals surface area contributed by atoms with E-state index in [0.29, 0.717) is 18.8 Å². The molecule has 1 rings (SSSR count). The maximum absolute atomic E-state index is 11.1. The molecule has 2 N–H and O–H groups in total. The quantitative estimate of drug-likeness (QED) is 0.838. The standard InChI is InChI=1S/C12H16N2O3/c1-3-17-12(16)13-8-10-5-4-6-11(7-10)14-9(2)15/h4-7H,3,8H2,1-2H3,(H,13,16)(H,14,15). The predicted molar refractivity (Wildman–Crippen MR) is 64.6 cm³/mol. The second-order valence-electron chi connectivity index (χ2n) is 3.46. The van der Waals surface area contributed by atoms with E-state index in [1.807, 2.05) is 12.1 Å². The third-order valence-electron chi connectivity index (χ3n) is 1.96. The monoisotopic (exact) mass is 236 g/mol. The lowest BCUT2D eigenvalue weighted by Gasteiger charge is -2.07. The molecule has 0 unspecified atom stereocenters. The summed E-state index contributed by atoms with van der Waals surface area (Å²) < 4.78 is 4.74. The minimum absolute atomic E-state index is 0.125. The van der Waals surface area contributed by atoms with Gasteiger partial charge in [0.05, 0.1) is 6.61 Å². The van der Waals surface area contributed by atoms with Crippen molar-refractivity contribution in [1.29, 1.82) is 0 Å². The fourth-order valence-corrected chi connectivity index (χ4v) is 1.32. The largest absolute Gasteiger partial charge is 0.450 e. The van der Waals surface area contributed by atoms with E-state index >= 15 is 0 Å². The number of alkyl carbamates (subject to hydrolysis) is 1. The van der Waals surface area contributed by atoms with Gasteiger partial charge in [-0.3, -0.25) is 4.79 Å². The molecular weight excluding hydrogens is 220 g/mol. The van der Waals surface area contributed by atoms with Gasteiger partial charge in [-0.25, -0.2) is 4.79 Å². The van der Waals surface area contributed by atoms with E-state index in [-0.39, 0.29) is 5.91 Å². The van der Waals surface area contributed by atoms with Crippen molar-refractivity contribution in [2.24, 2.45) is 0 Å². The number of nitrogens with one attached hydrogen (secondary N) is 2. The number of anilines is 1. The molecule has 5 nitrogen and oxygen atoms in total. The van der Waals surface area contributed by atoms with Gasteiger partial charge in [0.15, 0.2) is 0 Å². The summed E-state index contributed by atoms with van der Waals surface area (Å²) in [5, 5.41) is 5.28. The third-order valence-corrected chi connectivity index (χ3v) is 1.96. The predicted octanol–water partition coefficient (Wildman–Crippen LogP) is 1.89. The molecule has 17 heavy (non-hydrogen) atoms. The number of benzene rings is 1. The first-order valence-electron chi connectivity index (χ1n) is 5.39. The Morgan fingerprint density at radius 3 is 2.76 bits per heavy atom. The van der Waals surface area contributed by atoms with Crippen molar-refractivity contribution in [2.45, 2.75) is 20.4 Å². The average Bonchev–Trinajstić information content (AvgIpc) is 2.26. The van der Waals surface area contributed by atoms with Gasteiger partial charge in [0.25, 0.3) is 0 Å². The smallest absolute Gasteiger partial charge is 0.407 e. The van der Waals surface area contributed by atoms with Crippen molar-refractivity contribution in [3.05, 3.63) is 29.8 Å². The van der Waals surface area contributed by atoms with Crippen LogP contribution < -0.4 is 10.6 Å². The Morgan fingerprint density at radius 1 is 1.35 bits per heavy atom. The lowest BCUT2D eigenvalue weighted by Crippen LogP contribution is -2.23. The molecule has 0 aliphatic rings. The maximum atomic E-state index is 11.1. The van der Waals surface area contributed by atoms with E-state index in [2.05, 4.69) is 10.6 Å².